The maximum atomic E-state index is 12.6. The third kappa shape index (κ3) is 5.04. The summed E-state index contributed by atoms with van der Waals surface area (Å²) in [6.07, 6.45) is 0.929. The third-order valence-corrected chi connectivity index (χ3v) is 4.31. The van der Waals surface area contributed by atoms with Crippen LogP contribution in [-0.2, 0) is 9.57 Å². The van der Waals surface area contributed by atoms with Crippen molar-refractivity contribution in [2.24, 2.45) is 0 Å². The highest BCUT2D eigenvalue weighted by atomic mass is 16.9. The van der Waals surface area contributed by atoms with Crippen molar-refractivity contribution in [2.45, 2.75) is 12.8 Å². The molecule has 1 aliphatic heterocycles. The van der Waals surface area contributed by atoms with Gasteiger partial charge in [0.25, 0.3) is 5.09 Å². The summed E-state index contributed by atoms with van der Waals surface area (Å²) in [5.74, 6) is 0.203. The van der Waals surface area contributed by atoms with Gasteiger partial charge in [0.15, 0.2) is 0 Å². The first-order valence-electron chi connectivity index (χ1n) is 8.95. The fourth-order valence-corrected chi connectivity index (χ4v) is 2.96. The minimum absolute atomic E-state index is 0.00584. The van der Waals surface area contributed by atoms with Crippen molar-refractivity contribution < 1.29 is 19.5 Å². The highest BCUT2D eigenvalue weighted by Crippen LogP contribution is 2.25. The zero-order valence-corrected chi connectivity index (χ0v) is 14.9. The van der Waals surface area contributed by atoms with Crippen LogP contribution < -0.4 is 10.2 Å². The Balaban J connectivity index is 1.71. The van der Waals surface area contributed by atoms with Crippen molar-refractivity contribution in [1.29, 1.82) is 0 Å². The van der Waals surface area contributed by atoms with E-state index in [0.717, 1.165) is 37.1 Å². The number of carbonyl (C=O) groups is 1. The molecule has 0 aliphatic carbocycles. The van der Waals surface area contributed by atoms with Crippen LogP contribution in [0.1, 0.15) is 23.2 Å². The second kappa shape index (κ2) is 9.13. The summed E-state index contributed by atoms with van der Waals surface area (Å²) < 4.78 is 5.37. The van der Waals surface area contributed by atoms with E-state index in [0.29, 0.717) is 24.2 Å². The Morgan fingerprint density at radius 2 is 1.96 bits per heavy atom. The Morgan fingerprint density at radius 3 is 2.74 bits per heavy atom. The molecule has 1 aliphatic rings. The normalized spacial score (nSPS) is 14.1. The zero-order valence-electron chi connectivity index (χ0n) is 14.9. The molecular weight excluding hydrogens is 352 g/mol. The van der Waals surface area contributed by atoms with Crippen molar-refractivity contribution in [3.8, 4) is 0 Å². The first-order chi connectivity index (χ1) is 13.1. The second-order valence-corrected chi connectivity index (χ2v) is 6.19. The lowest BCUT2D eigenvalue weighted by atomic mass is 10.1. The van der Waals surface area contributed by atoms with Crippen molar-refractivity contribution in [2.75, 3.05) is 44.3 Å². The Morgan fingerprint density at radius 1 is 1.22 bits per heavy atom. The Kier molecular flexibility index (Phi) is 6.37. The molecule has 0 amide bonds. The number of anilines is 1. The van der Waals surface area contributed by atoms with Crippen LogP contribution in [0, 0.1) is 10.1 Å². The average Bonchev–Trinajstić information content (AvgIpc) is 2.70. The molecule has 1 N–H and O–H groups in total. The molecule has 2 aromatic rings. The van der Waals surface area contributed by atoms with E-state index in [1.807, 2.05) is 30.3 Å². The number of esters is 1. The molecule has 2 heterocycles. The lowest BCUT2D eigenvalue weighted by molar-refractivity contribution is -0.757. The van der Waals surface area contributed by atoms with Crippen molar-refractivity contribution in [3.05, 3.63) is 46.0 Å². The number of para-hydroxylation sites is 1. The van der Waals surface area contributed by atoms with E-state index < -0.39 is 11.1 Å². The molecule has 1 aromatic heterocycles. The molecule has 0 radical (unpaired) electrons. The number of unbranched alkanes of at least 4 members (excludes halogenated alkanes) is 1. The number of benzene rings is 1. The molecule has 0 spiro atoms. The highest BCUT2D eigenvalue weighted by molar-refractivity contribution is 5.99. The minimum Gasteiger partial charge on any atom is -0.462 e. The Bertz CT molecular complexity index is 807. The van der Waals surface area contributed by atoms with E-state index in [4.69, 9.17) is 9.72 Å². The number of piperazine rings is 1. The molecule has 9 nitrogen and oxygen atoms in total. The summed E-state index contributed by atoms with van der Waals surface area (Å²) in [6, 6.07) is 9.47. The highest BCUT2D eigenvalue weighted by Gasteiger charge is 2.22. The van der Waals surface area contributed by atoms with Crippen LogP contribution in [0.25, 0.3) is 10.9 Å². The Hall–Kier alpha value is -2.94. The van der Waals surface area contributed by atoms with Gasteiger partial charge in [0.05, 0.1) is 18.7 Å². The lowest BCUT2D eigenvalue weighted by Gasteiger charge is -2.29. The first kappa shape index (κ1) is 18.8. The molecule has 1 saturated heterocycles. The van der Waals surface area contributed by atoms with Gasteiger partial charge >= 0.3 is 5.97 Å². The fourth-order valence-electron chi connectivity index (χ4n) is 2.96. The van der Waals surface area contributed by atoms with Gasteiger partial charge in [0, 0.05) is 31.6 Å². The van der Waals surface area contributed by atoms with E-state index >= 15 is 0 Å². The van der Waals surface area contributed by atoms with Crippen LogP contribution in [0.5, 0.6) is 0 Å². The fraction of sp³-hybridized carbons (Fsp3) is 0.444. The summed E-state index contributed by atoms with van der Waals surface area (Å²) in [6.45, 7) is 3.37. The summed E-state index contributed by atoms with van der Waals surface area (Å²) in [4.78, 5) is 33.8. The van der Waals surface area contributed by atoms with Crippen LogP contribution in [0.3, 0.4) is 0 Å². The molecule has 1 aromatic carbocycles. The largest absolute Gasteiger partial charge is 0.462 e. The van der Waals surface area contributed by atoms with Crippen LogP contribution in [-0.4, -0.2) is 55.4 Å². The van der Waals surface area contributed by atoms with Crippen LogP contribution in [0.4, 0.5) is 5.82 Å². The van der Waals surface area contributed by atoms with Gasteiger partial charge in [-0.1, -0.05) is 18.2 Å². The molecule has 1 fully saturated rings. The zero-order chi connectivity index (χ0) is 19.1. The van der Waals surface area contributed by atoms with Crippen molar-refractivity contribution in [1.82, 2.24) is 10.3 Å². The summed E-state index contributed by atoms with van der Waals surface area (Å²) >= 11 is 0. The predicted octanol–water partition coefficient (Wildman–Crippen LogP) is 1.79. The first-order valence-corrected chi connectivity index (χ1v) is 8.95. The van der Waals surface area contributed by atoms with Gasteiger partial charge in [0.1, 0.15) is 11.4 Å². The van der Waals surface area contributed by atoms with Gasteiger partial charge < -0.3 is 19.8 Å². The molecule has 144 valence electrons. The van der Waals surface area contributed by atoms with Gasteiger partial charge in [-0.2, -0.15) is 0 Å². The standard InChI is InChI=1S/C18H22N4O5/c23-18(26-11-3-4-12-27-22(24)25)15-13-14-5-1-2-6-16(14)20-17(15)21-9-7-19-8-10-21/h1-2,5-6,13,19H,3-4,7-12H2. The number of carbonyl (C=O) groups excluding carboxylic acids is 1. The summed E-state index contributed by atoms with van der Waals surface area (Å²) in [5.41, 5.74) is 1.27. The number of fused-ring (bicyclic) bond motifs is 1. The Labute approximate surface area is 156 Å². The van der Waals surface area contributed by atoms with E-state index in [1.54, 1.807) is 0 Å². The summed E-state index contributed by atoms with van der Waals surface area (Å²) in [7, 11) is 0. The van der Waals surface area contributed by atoms with E-state index in [2.05, 4.69) is 15.1 Å². The maximum absolute atomic E-state index is 12.6. The topological polar surface area (TPSA) is 107 Å². The molecule has 0 unspecified atom stereocenters. The average molecular weight is 374 g/mol. The van der Waals surface area contributed by atoms with Crippen LogP contribution in [0.15, 0.2) is 30.3 Å². The van der Waals surface area contributed by atoms with Gasteiger partial charge in [0.2, 0.25) is 0 Å². The lowest BCUT2D eigenvalue weighted by Crippen LogP contribution is -2.44. The van der Waals surface area contributed by atoms with E-state index in [-0.39, 0.29) is 13.2 Å². The summed E-state index contributed by atoms with van der Waals surface area (Å²) in [5, 5.41) is 13.4. The minimum atomic E-state index is -0.827. The SMILES string of the molecule is O=C(OCCCCO[N+](=O)[O-])c1cc2ccccc2nc1N1CCNCC1. The number of pyridine rings is 1. The quantitative estimate of drug-likeness (QED) is 0.323. The van der Waals surface area contributed by atoms with Gasteiger partial charge in [-0.25, -0.2) is 9.78 Å². The number of nitrogens with zero attached hydrogens (tertiary/aromatic N) is 3. The van der Waals surface area contributed by atoms with Crippen LogP contribution >= 0.6 is 0 Å². The predicted molar refractivity (Wildman–Crippen MR) is 99.3 cm³/mol. The molecule has 9 heteroatoms. The maximum Gasteiger partial charge on any atom is 0.341 e. The molecular formula is C18H22N4O5. The van der Waals surface area contributed by atoms with E-state index in [9.17, 15) is 14.9 Å². The number of aromatic nitrogens is 1. The van der Waals surface area contributed by atoms with Crippen molar-refractivity contribution >= 4 is 22.7 Å². The number of hydrogen-bond donors (Lipinski definition) is 1. The molecule has 0 atom stereocenters. The molecule has 3 rings (SSSR count). The number of nitrogens with one attached hydrogen (secondary N) is 1. The van der Waals surface area contributed by atoms with E-state index in [1.165, 1.54) is 0 Å². The van der Waals surface area contributed by atoms with Gasteiger partial charge in [-0.15, -0.1) is 10.1 Å². The number of ether oxygens (including phenoxy) is 1. The van der Waals surface area contributed by atoms with Gasteiger partial charge in [-0.05, 0) is 25.0 Å². The molecule has 0 saturated carbocycles. The monoisotopic (exact) mass is 374 g/mol. The molecule has 27 heavy (non-hydrogen) atoms. The van der Waals surface area contributed by atoms with Crippen LogP contribution in [0.2, 0.25) is 0 Å². The smallest absolute Gasteiger partial charge is 0.341 e. The molecule has 0 bridgehead atoms. The number of hydrogen-bond acceptors (Lipinski definition) is 8. The van der Waals surface area contributed by atoms with Gasteiger partial charge in [-0.3, -0.25) is 0 Å². The number of rotatable bonds is 8. The third-order valence-electron chi connectivity index (χ3n) is 4.31. The second-order valence-electron chi connectivity index (χ2n) is 6.19. The van der Waals surface area contributed by atoms with Crippen molar-refractivity contribution in [3.63, 3.8) is 0 Å².